The fourth-order valence-electron chi connectivity index (χ4n) is 1.60. The molecule has 1 unspecified atom stereocenters. The van der Waals surface area contributed by atoms with Crippen molar-refractivity contribution in [2.45, 2.75) is 32.7 Å². The van der Waals surface area contributed by atoms with Crippen molar-refractivity contribution in [2.24, 2.45) is 0 Å². The summed E-state index contributed by atoms with van der Waals surface area (Å²) in [6.07, 6.45) is 2.19. The summed E-state index contributed by atoms with van der Waals surface area (Å²) in [6.45, 7) is 7.09. The predicted molar refractivity (Wildman–Crippen MR) is 68.6 cm³/mol. The zero-order valence-electron chi connectivity index (χ0n) is 10.4. The van der Waals surface area contributed by atoms with Crippen molar-refractivity contribution in [1.29, 1.82) is 0 Å². The summed E-state index contributed by atoms with van der Waals surface area (Å²) in [5.41, 5.74) is 1.34. The maximum Gasteiger partial charge on any atom is 0.0478 e. The number of ether oxygens (including phenoxy) is 1. The molecule has 0 aromatic heterocycles. The topological polar surface area (TPSA) is 21.3 Å². The first-order valence-corrected chi connectivity index (χ1v) is 6.20. The normalized spacial score (nSPS) is 12.6. The second-order valence-corrected chi connectivity index (χ2v) is 4.05. The Morgan fingerprint density at radius 2 is 1.94 bits per heavy atom. The van der Waals surface area contributed by atoms with Gasteiger partial charge in [0, 0.05) is 19.3 Å². The van der Waals surface area contributed by atoms with Gasteiger partial charge in [-0.05, 0) is 31.9 Å². The second kappa shape index (κ2) is 8.31. The Kier molecular flexibility index (Phi) is 6.86. The first-order valence-electron chi connectivity index (χ1n) is 6.20. The van der Waals surface area contributed by atoms with Gasteiger partial charge in [-0.3, -0.25) is 0 Å². The van der Waals surface area contributed by atoms with Crippen molar-refractivity contribution in [1.82, 2.24) is 5.32 Å². The minimum Gasteiger partial charge on any atom is -0.381 e. The molecule has 1 atom stereocenters. The van der Waals surface area contributed by atoms with Crippen LogP contribution in [-0.4, -0.2) is 19.8 Å². The molecule has 90 valence electrons. The van der Waals surface area contributed by atoms with Crippen LogP contribution in [-0.2, 0) is 4.74 Å². The molecule has 0 aliphatic heterocycles. The molecule has 1 rings (SSSR count). The maximum atomic E-state index is 5.43. The van der Waals surface area contributed by atoms with E-state index in [1.165, 1.54) is 5.56 Å². The van der Waals surface area contributed by atoms with E-state index in [1.807, 2.05) is 0 Å². The zero-order chi connectivity index (χ0) is 11.6. The van der Waals surface area contributed by atoms with E-state index >= 15 is 0 Å². The van der Waals surface area contributed by atoms with Gasteiger partial charge in [0.05, 0.1) is 0 Å². The Hall–Kier alpha value is -0.860. The molecule has 2 heteroatoms. The summed E-state index contributed by atoms with van der Waals surface area (Å²) >= 11 is 0. The van der Waals surface area contributed by atoms with E-state index in [9.17, 15) is 0 Å². The molecule has 0 fully saturated rings. The van der Waals surface area contributed by atoms with Gasteiger partial charge in [-0.25, -0.2) is 0 Å². The summed E-state index contributed by atoms with van der Waals surface area (Å²) in [7, 11) is 0. The number of hydrogen-bond donors (Lipinski definition) is 1. The Labute approximate surface area is 99.0 Å². The number of nitrogens with one attached hydrogen (secondary N) is 1. The Bertz CT molecular complexity index is 261. The van der Waals surface area contributed by atoms with Gasteiger partial charge in [0.15, 0.2) is 0 Å². The smallest absolute Gasteiger partial charge is 0.0478 e. The SMILES string of the molecule is CCCOCCCNC(C)c1ccccc1. The largest absolute Gasteiger partial charge is 0.381 e. The molecule has 0 heterocycles. The summed E-state index contributed by atoms with van der Waals surface area (Å²) in [5.74, 6) is 0. The third-order valence-electron chi connectivity index (χ3n) is 2.56. The standard InChI is InChI=1S/C14H23NO/c1-3-11-16-12-7-10-15-13(2)14-8-5-4-6-9-14/h4-6,8-9,13,15H,3,7,10-12H2,1-2H3. The molecule has 0 bridgehead atoms. The first-order chi connectivity index (χ1) is 7.84. The van der Waals surface area contributed by atoms with Crippen molar-refractivity contribution in [3.63, 3.8) is 0 Å². The molecule has 0 saturated heterocycles. The summed E-state index contributed by atoms with van der Waals surface area (Å²) in [4.78, 5) is 0. The van der Waals surface area contributed by atoms with Crippen LogP contribution in [0, 0.1) is 0 Å². The van der Waals surface area contributed by atoms with Crippen LogP contribution < -0.4 is 5.32 Å². The van der Waals surface area contributed by atoms with Gasteiger partial charge in [-0.15, -0.1) is 0 Å². The molecule has 1 aromatic carbocycles. The zero-order valence-corrected chi connectivity index (χ0v) is 10.4. The van der Waals surface area contributed by atoms with E-state index in [1.54, 1.807) is 0 Å². The van der Waals surface area contributed by atoms with Crippen LogP contribution in [0.1, 0.15) is 38.3 Å². The van der Waals surface area contributed by atoms with Crippen LogP contribution >= 0.6 is 0 Å². The van der Waals surface area contributed by atoms with E-state index < -0.39 is 0 Å². The number of hydrogen-bond acceptors (Lipinski definition) is 2. The lowest BCUT2D eigenvalue weighted by atomic mass is 10.1. The average Bonchev–Trinajstić information content (AvgIpc) is 2.34. The van der Waals surface area contributed by atoms with Gasteiger partial charge < -0.3 is 10.1 Å². The lowest BCUT2D eigenvalue weighted by Crippen LogP contribution is -2.20. The van der Waals surface area contributed by atoms with Gasteiger partial charge in [-0.2, -0.15) is 0 Å². The highest BCUT2D eigenvalue weighted by atomic mass is 16.5. The van der Waals surface area contributed by atoms with Crippen LogP contribution in [0.15, 0.2) is 30.3 Å². The minimum atomic E-state index is 0.423. The van der Waals surface area contributed by atoms with Crippen LogP contribution in [0.2, 0.25) is 0 Å². The molecule has 0 saturated carbocycles. The molecular formula is C14H23NO. The highest BCUT2D eigenvalue weighted by Gasteiger charge is 2.02. The van der Waals surface area contributed by atoms with Crippen molar-refractivity contribution in [3.05, 3.63) is 35.9 Å². The third-order valence-corrected chi connectivity index (χ3v) is 2.56. The van der Waals surface area contributed by atoms with Gasteiger partial charge in [0.1, 0.15) is 0 Å². The van der Waals surface area contributed by atoms with Crippen LogP contribution in [0.4, 0.5) is 0 Å². The minimum absolute atomic E-state index is 0.423. The van der Waals surface area contributed by atoms with Crippen molar-refractivity contribution in [2.75, 3.05) is 19.8 Å². The van der Waals surface area contributed by atoms with Crippen LogP contribution in [0.5, 0.6) is 0 Å². The molecule has 1 aromatic rings. The van der Waals surface area contributed by atoms with E-state index in [0.29, 0.717) is 6.04 Å². The second-order valence-electron chi connectivity index (χ2n) is 4.05. The number of benzene rings is 1. The molecule has 0 aliphatic rings. The summed E-state index contributed by atoms with van der Waals surface area (Å²) in [6, 6.07) is 11.0. The van der Waals surface area contributed by atoms with Crippen molar-refractivity contribution < 1.29 is 4.74 Å². The van der Waals surface area contributed by atoms with Crippen LogP contribution in [0.25, 0.3) is 0 Å². The Morgan fingerprint density at radius 1 is 1.19 bits per heavy atom. The monoisotopic (exact) mass is 221 g/mol. The Balaban J connectivity index is 2.09. The quantitative estimate of drug-likeness (QED) is 0.681. The molecule has 0 spiro atoms. The number of rotatable bonds is 8. The molecular weight excluding hydrogens is 198 g/mol. The molecule has 16 heavy (non-hydrogen) atoms. The molecule has 0 radical (unpaired) electrons. The van der Waals surface area contributed by atoms with Gasteiger partial charge in [0.25, 0.3) is 0 Å². The van der Waals surface area contributed by atoms with Gasteiger partial charge in [-0.1, -0.05) is 37.3 Å². The molecule has 0 aliphatic carbocycles. The summed E-state index contributed by atoms with van der Waals surface area (Å²) < 4.78 is 5.43. The van der Waals surface area contributed by atoms with E-state index in [0.717, 1.165) is 32.6 Å². The van der Waals surface area contributed by atoms with E-state index in [-0.39, 0.29) is 0 Å². The highest BCUT2D eigenvalue weighted by molar-refractivity contribution is 5.17. The molecule has 1 N–H and O–H groups in total. The van der Waals surface area contributed by atoms with E-state index in [2.05, 4.69) is 49.5 Å². The van der Waals surface area contributed by atoms with Crippen molar-refractivity contribution in [3.8, 4) is 0 Å². The lowest BCUT2D eigenvalue weighted by molar-refractivity contribution is 0.132. The van der Waals surface area contributed by atoms with Crippen LogP contribution in [0.3, 0.4) is 0 Å². The fourth-order valence-corrected chi connectivity index (χ4v) is 1.60. The van der Waals surface area contributed by atoms with Crippen molar-refractivity contribution >= 4 is 0 Å². The predicted octanol–water partition coefficient (Wildman–Crippen LogP) is 3.15. The lowest BCUT2D eigenvalue weighted by Gasteiger charge is -2.13. The highest BCUT2D eigenvalue weighted by Crippen LogP contribution is 2.10. The molecule has 2 nitrogen and oxygen atoms in total. The van der Waals surface area contributed by atoms with Gasteiger partial charge in [0.2, 0.25) is 0 Å². The first kappa shape index (κ1) is 13.2. The Morgan fingerprint density at radius 3 is 2.62 bits per heavy atom. The van der Waals surface area contributed by atoms with E-state index in [4.69, 9.17) is 4.74 Å². The maximum absolute atomic E-state index is 5.43. The average molecular weight is 221 g/mol. The third kappa shape index (κ3) is 5.29. The summed E-state index contributed by atoms with van der Waals surface area (Å²) in [5, 5.41) is 3.50. The van der Waals surface area contributed by atoms with Gasteiger partial charge >= 0.3 is 0 Å². The fraction of sp³-hybridized carbons (Fsp3) is 0.571. The molecule has 0 amide bonds.